The summed E-state index contributed by atoms with van der Waals surface area (Å²) in [4.78, 5) is 10.2. The van der Waals surface area contributed by atoms with Crippen molar-refractivity contribution in [3.05, 3.63) is 12.2 Å². The van der Waals surface area contributed by atoms with Gasteiger partial charge in [0.25, 0.3) is 0 Å². The Labute approximate surface area is 71.7 Å². The van der Waals surface area contributed by atoms with E-state index in [1.165, 1.54) is 6.08 Å². The fourth-order valence-electron chi connectivity index (χ4n) is 1.51. The zero-order valence-corrected chi connectivity index (χ0v) is 6.94. The fourth-order valence-corrected chi connectivity index (χ4v) is 1.51. The monoisotopic (exact) mass is 170 g/mol. The van der Waals surface area contributed by atoms with Crippen molar-refractivity contribution < 1.29 is 15.0 Å². The second kappa shape index (κ2) is 4.26. The van der Waals surface area contributed by atoms with E-state index in [-0.39, 0.29) is 6.10 Å². The first-order valence-electron chi connectivity index (χ1n) is 4.27. The number of aliphatic hydroxyl groups is 1. The van der Waals surface area contributed by atoms with Gasteiger partial charge in [-0.15, -0.1) is 0 Å². The van der Waals surface area contributed by atoms with Crippen LogP contribution in [-0.4, -0.2) is 22.3 Å². The molecule has 3 heteroatoms. The molecule has 0 saturated heterocycles. The molecule has 0 aromatic rings. The highest BCUT2D eigenvalue weighted by atomic mass is 16.4. The van der Waals surface area contributed by atoms with Gasteiger partial charge in [0.05, 0.1) is 6.10 Å². The Bertz CT molecular complexity index is 178. The van der Waals surface area contributed by atoms with Gasteiger partial charge in [0.1, 0.15) is 0 Å². The van der Waals surface area contributed by atoms with Crippen LogP contribution in [0.5, 0.6) is 0 Å². The van der Waals surface area contributed by atoms with Crippen LogP contribution in [0, 0.1) is 5.92 Å². The van der Waals surface area contributed by atoms with Crippen molar-refractivity contribution in [3.8, 4) is 0 Å². The van der Waals surface area contributed by atoms with E-state index in [4.69, 9.17) is 10.2 Å². The number of allylic oxidation sites excluding steroid dienone is 1. The summed E-state index contributed by atoms with van der Waals surface area (Å²) in [5, 5.41) is 17.5. The highest BCUT2D eigenvalue weighted by Gasteiger charge is 2.16. The maximum absolute atomic E-state index is 10.2. The second-order valence-electron chi connectivity index (χ2n) is 3.27. The summed E-state index contributed by atoms with van der Waals surface area (Å²) in [5.74, 6) is -0.536. The number of aliphatic hydroxyl groups excluding tert-OH is 1. The van der Waals surface area contributed by atoms with Crippen molar-refractivity contribution in [2.75, 3.05) is 0 Å². The lowest BCUT2D eigenvalue weighted by Gasteiger charge is -2.22. The standard InChI is InChI=1S/C9H14O3/c10-8-4-1-7(2-5-8)3-6-9(11)12/h3,6-8,10H,1-2,4-5H2,(H,11,12). The molecule has 1 saturated carbocycles. The van der Waals surface area contributed by atoms with Gasteiger partial charge in [-0.3, -0.25) is 0 Å². The summed E-state index contributed by atoms with van der Waals surface area (Å²) in [6.45, 7) is 0. The lowest BCUT2D eigenvalue weighted by molar-refractivity contribution is -0.131. The largest absolute Gasteiger partial charge is 0.478 e. The molecule has 12 heavy (non-hydrogen) atoms. The minimum absolute atomic E-state index is 0.167. The van der Waals surface area contributed by atoms with Gasteiger partial charge in [0.15, 0.2) is 0 Å². The molecule has 0 heterocycles. The van der Waals surface area contributed by atoms with Gasteiger partial charge in [0.2, 0.25) is 0 Å². The van der Waals surface area contributed by atoms with Crippen LogP contribution in [0.3, 0.4) is 0 Å². The van der Waals surface area contributed by atoms with Crippen LogP contribution < -0.4 is 0 Å². The maximum Gasteiger partial charge on any atom is 0.327 e. The third-order valence-electron chi connectivity index (χ3n) is 2.25. The Morgan fingerprint density at radius 3 is 2.33 bits per heavy atom. The average Bonchev–Trinajstić information content (AvgIpc) is 2.03. The van der Waals surface area contributed by atoms with E-state index >= 15 is 0 Å². The van der Waals surface area contributed by atoms with E-state index in [2.05, 4.69) is 0 Å². The molecule has 0 radical (unpaired) electrons. The summed E-state index contributed by atoms with van der Waals surface area (Å²) in [6, 6.07) is 0. The third kappa shape index (κ3) is 3.05. The van der Waals surface area contributed by atoms with Gasteiger partial charge in [-0.2, -0.15) is 0 Å². The molecule has 0 aromatic heterocycles. The van der Waals surface area contributed by atoms with Gasteiger partial charge in [0, 0.05) is 6.08 Å². The lowest BCUT2D eigenvalue weighted by atomic mass is 9.87. The minimum Gasteiger partial charge on any atom is -0.478 e. The minimum atomic E-state index is -0.888. The van der Waals surface area contributed by atoms with Gasteiger partial charge in [-0.1, -0.05) is 6.08 Å². The summed E-state index contributed by atoms with van der Waals surface area (Å²) < 4.78 is 0. The Morgan fingerprint density at radius 1 is 1.25 bits per heavy atom. The molecule has 0 bridgehead atoms. The highest BCUT2D eigenvalue weighted by molar-refractivity contribution is 5.79. The molecule has 1 aliphatic carbocycles. The number of rotatable bonds is 2. The molecule has 3 nitrogen and oxygen atoms in total. The molecule has 1 aliphatic rings. The number of carbonyl (C=O) groups is 1. The maximum atomic E-state index is 10.2. The normalized spacial score (nSPS) is 30.8. The van der Waals surface area contributed by atoms with Gasteiger partial charge >= 0.3 is 5.97 Å². The van der Waals surface area contributed by atoms with Crippen molar-refractivity contribution in [3.63, 3.8) is 0 Å². The van der Waals surface area contributed by atoms with Gasteiger partial charge in [-0.25, -0.2) is 4.79 Å². The van der Waals surface area contributed by atoms with Crippen LogP contribution in [0.4, 0.5) is 0 Å². The van der Waals surface area contributed by atoms with E-state index in [1.54, 1.807) is 6.08 Å². The average molecular weight is 170 g/mol. The molecule has 1 rings (SSSR count). The van der Waals surface area contributed by atoms with E-state index < -0.39 is 5.97 Å². The Hall–Kier alpha value is -0.830. The van der Waals surface area contributed by atoms with Crippen molar-refractivity contribution in [1.82, 2.24) is 0 Å². The van der Waals surface area contributed by atoms with Crippen LogP contribution >= 0.6 is 0 Å². The van der Waals surface area contributed by atoms with Gasteiger partial charge in [-0.05, 0) is 31.6 Å². The molecule has 2 N–H and O–H groups in total. The van der Waals surface area contributed by atoms with E-state index in [0.29, 0.717) is 5.92 Å². The smallest absolute Gasteiger partial charge is 0.327 e. The Balaban J connectivity index is 2.30. The Morgan fingerprint density at radius 2 is 1.83 bits per heavy atom. The third-order valence-corrected chi connectivity index (χ3v) is 2.25. The second-order valence-corrected chi connectivity index (χ2v) is 3.27. The molecular formula is C9H14O3. The van der Waals surface area contributed by atoms with Crippen molar-refractivity contribution in [2.45, 2.75) is 31.8 Å². The summed E-state index contributed by atoms with van der Waals surface area (Å²) in [7, 11) is 0. The van der Waals surface area contributed by atoms with E-state index in [9.17, 15) is 4.79 Å². The van der Waals surface area contributed by atoms with Crippen LogP contribution in [0.15, 0.2) is 12.2 Å². The summed E-state index contributed by atoms with van der Waals surface area (Å²) >= 11 is 0. The number of carboxylic acids is 1. The summed E-state index contributed by atoms with van der Waals surface area (Å²) in [5.41, 5.74) is 0. The van der Waals surface area contributed by atoms with Crippen LogP contribution in [0.25, 0.3) is 0 Å². The topological polar surface area (TPSA) is 57.5 Å². The SMILES string of the molecule is O=C(O)C=CC1CCC(O)CC1. The molecule has 68 valence electrons. The number of hydrogen-bond acceptors (Lipinski definition) is 2. The van der Waals surface area contributed by atoms with E-state index in [1.807, 2.05) is 0 Å². The van der Waals surface area contributed by atoms with Crippen LogP contribution in [-0.2, 0) is 4.79 Å². The molecule has 1 fully saturated rings. The zero-order valence-electron chi connectivity index (χ0n) is 6.94. The molecular weight excluding hydrogens is 156 g/mol. The number of carboxylic acid groups (broad SMARTS) is 1. The highest BCUT2D eigenvalue weighted by Crippen LogP contribution is 2.24. The van der Waals surface area contributed by atoms with Gasteiger partial charge < -0.3 is 10.2 Å². The molecule has 0 aliphatic heterocycles. The van der Waals surface area contributed by atoms with E-state index in [0.717, 1.165) is 25.7 Å². The first-order chi connectivity index (χ1) is 5.68. The molecule has 0 amide bonds. The lowest BCUT2D eigenvalue weighted by Crippen LogP contribution is -2.16. The van der Waals surface area contributed by atoms with Crippen molar-refractivity contribution in [1.29, 1.82) is 0 Å². The first kappa shape index (κ1) is 9.26. The quantitative estimate of drug-likeness (QED) is 0.612. The number of aliphatic carboxylic acids is 1. The molecule has 0 atom stereocenters. The predicted molar refractivity (Wildman–Crippen MR) is 44.7 cm³/mol. The molecule has 0 unspecified atom stereocenters. The van der Waals surface area contributed by atoms with Crippen molar-refractivity contribution >= 4 is 5.97 Å². The molecule has 0 spiro atoms. The fraction of sp³-hybridized carbons (Fsp3) is 0.667. The van der Waals surface area contributed by atoms with Crippen molar-refractivity contribution in [2.24, 2.45) is 5.92 Å². The predicted octanol–water partition coefficient (Wildman–Crippen LogP) is 1.18. The summed E-state index contributed by atoms with van der Waals surface area (Å²) in [6.07, 6.45) is 6.18. The zero-order chi connectivity index (χ0) is 8.97. The first-order valence-corrected chi connectivity index (χ1v) is 4.27. The Kier molecular flexibility index (Phi) is 3.29. The van der Waals surface area contributed by atoms with Crippen LogP contribution in [0.1, 0.15) is 25.7 Å². The molecule has 0 aromatic carbocycles. The number of hydrogen-bond donors (Lipinski definition) is 2. The van der Waals surface area contributed by atoms with Crippen LogP contribution in [0.2, 0.25) is 0 Å².